The summed E-state index contributed by atoms with van der Waals surface area (Å²) in [4.78, 5) is 12.7. The number of halogens is 1. The number of ether oxygens (including phenoxy) is 1. The average Bonchev–Trinajstić information content (AvgIpc) is 2.39. The normalized spacial score (nSPS) is 16.5. The Balaban J connectivity index is 1.91. The number of hydrogen-bond donors (Lipinski definition) is 0. The third-order valence-electron chi connectivity index (χ3n) is 3.26. The number of hydrogen-bond acceptors (Lipinski definition) is 4. The first-order valence-corrected chi connectivity index (χ1v) is 6.40. The summed E-state index contributed by atoms with van der Waals surface area (Å²) in [5.74, 6) is -0.424. The summed E-state index contributed by atoms with van der Waals surface area (Å²) in [6, 6.07) is 3.63. The second-order valence-electron chi connectivity index (χ2n) is 4.59. The highest BCUT2D eigenvalue weighted by atomic mass is 19.1. The zero-order valence-electron chi connectivity index (χ0n) is 10.7. The summed E-state index contributed by atoms with van der Waals surface area (Å²) in [5, 5.41) is 10.9. The van der Waals surface area contributed by atoms with E-state index >= 15 is 0 Å². The zero-order valence-corrected chi connectivity index (χ0v) is 10.7. The monoisotopic (exact) mass is 268 g/mol. The number of morpholine rings is 1. The van der Waals surface area contributed by atoms with Crippen LogP contribution in [0.2, 0.25) is 0 Å². The van der Waals surface area contributed by atoms with Gasteiger partial charge >= 0.3 is 0 Å². The van der Waals surface area contributed by atoms with E-state index in [9.17, 15) is 14.5 Å². The average molecular weight is 268 g/mol. The summed E-state index contributed by atoms with van der Waals surface area (Å²) >= 11 is 0. The van der Waals surface area contributed by atoms with Gasteiger partial charge in [0, 0.05) is 24.7 Å². The van der Waals surface area contributed by atoms with Gasteiger partial charge in [0.15, 0.2) is 0 Å². The fraction of sp³-hybridized carbons (Fsp3) is 0.538. The van der Waals surface area contributed by atoms with Gasteiger partial charge in [0.05, 0.1) is 18.1 Å². The Hall–Kier alpha value is -1.53. The SMILES string of the molecule is O=[N+]([O-])c1ccc(F)cc1CCCN1CCOCC1. The Morgan fingerprint density at radius 3 is 2.79 bits per heavy atom. The van der Waals surface area contributed by atoms with Crippen molar-refractivity contribution in [2.24, 2.45) is 0 Å². The molecule has 6 heteroatoms. The van der Waals surface area contributed by atoms with Crippen LogP contribution in [0.5, 0.6) is 0 Å². The van der Waals surface area contributed by atoms with Gasteiger partial charge in [0.1, 0.15) is 5.82 Å². The highest BCUT2D eigenvalue weighted by molar-refractivity contribution is 5.40. The molecule has 1 aliphatic heterocycles. The molecule has 0 radical (unpaired) electrons. The minimum Gasteiger partial charge on any atom is -0.379 e. The van der Waals surface area contributed by atoms with Gasteiger partial charge in [-0.25, -0.2) is 4.39 Å². The van der Waals surface area contributed by atoms with E-state index < -0.39 is 10.7 Å². The van der Waals surface area contributed by atoms with E-state index in [-0.39, 0.29) is 5.69 Å². The summed E-state index contributed by atoms with van der Waals surface area (Å²) in [7, 11) is 0. The first-order valence-electron chi connectivity index (χ1n) is 6.40. The van der Waals surface area contributed by atoms with Crippen molar-refractivity contribution >= 4 is 5.69 Å². The quantitative estimate of drug-likeness (QED) is 0.605. The molecule has 1 fully saturated rings. The molecule has 0 atom stereocenters. The van der Waals surface area contributed by atoms with Gasteiger partial charge in [-0.15, -0.1) is 0 Å². The summed E-state index contributed by atoms with van der Waals surface area (Å²) in [5.41, 5.74) is 0.474. The highest BCUT2D eigenvalue weighted by Crippen LogP contribution is 2.21. The zero-order chi connectivity index (χ0) is 13.7. The lowest BCUT2D eigenvalue weighted by Gasteiger charge is -2.26. The van der Waals surface area contributed by atoms with E-state index in [4.69, 9.17) is 4.74 Å². The van der Waals surface area contributed by atoms with Crippen LogP contribution in [0.25, 0.3) is 0 Å². The number of benzene rings is 1. The first-order chi connectivity index (χ1) is 9.16. The molecule has 2 rings (SSSR count). The molecule has 0 aromatic heterocycles. The van der Waals surface area contributed by atoms with Crippen LogP contribution in [0.4, 0.5) is 10.1 Å². The lowest BCUT2D eigenvalue weighted by Crippen LogP contribution is -2.36. The maximum Gasteiger partial charge on any atom is 0.272 e. The van der Waals surface area contributed by atoms with Gasteiger partial charge in [-0.3, -0.25) is 15.0 Å². The van der Waals surface area contributed by atoms with Crippen LogP contribution in [0, 0.1) is 15.9 Å². The fourth-order valence-corrected chi connectivity index (χ4v) is 2.25. The van der Waals surface area contributed by atoms with E-state index in [1.807, 2.05) is 0 Å². The van der Waals surface area contributed by atoms with Crippen molar-refractivity contribution in [3.63, 3.8) is 0 Å². The van der Waals surface area contributed by atoms with Gasteiger partial charge in [-0.1, -0.05) is 0 Å². The molecule has 0 amide bonds. The Kier molecular flexibility index (Phi) is 4.81. The first kappa shape index (κ1) is 13.9. The second kappa shape index (κ2) is 6.58. The van der Waals surface area contributed by atoms with Gasteiger partial charge in [-0.2, -0.15) is 0 Å². The summed E-state index contributed by atoms with van der Waals surface area (Å²) < 4.78 is 18.4. The third-order valence-corrected chi connectivity index (χ3v) is 3.26. The summed E-state index contributed by atoms with van der Waals surface area (Å²) in [6.45, 7) is 4.12. The molecule has 1 aliphatic rings. The van der Waals surface area contributed by atoms with Crippen LogP contribution in [0.1, 0.15) is 12.0 Å². The van der Waals surface area contributed by atoms with Gasteiger partial charge < -0.3 is 4.74 Å². The molecule has 0 unspecified atom stereocenters. The molecular weight excluding hydrogens is 251 g/mol. The topological polar surface area (TPSA) is 55.6 Å². The maximum atomic E-state index is 13.1. The predicted octanol–water partition coefficient (Wildman–Crippen LogP) is 2.00. The fourth-order valence-electron chi connectivity index (χ4n) is 2.25. The van der Waals surface area contributed by atoms with Gasteiger partial charge in [0.2, 0.25) is 0 Å². The van der Waals surface area contributed by atoms with Crippen molar-refractivity contribution in [1.29, 1.82) is 0 Å². The minimum absolute atomic E-state index is 0.00313. The number of rotatable bonds is 5. The third kappa shape index (κ3) is 3.97. The van der Waals surface area contributed by atoms with Crippen LogP contribution in [0.15, 0.2) is 18.2 Å². The lowest BCUT2D eigenvalue weighted by molar-refractivity contribution is -0.385. The Morgan fingerprint density at radius 2 is 2.11 bits per heavy atom. The Labute approximate surface area is 111 Å². The van der Waals surface area contributed by atoms with Crippen molar-refractivity contribution in [3.05, 3.63) is 39.7 Å². The van der Waals surface area contributed by atoms with Crippen molar-refractivity contribution in [1.82, 2.24) is 4.90 Å². The molecule has 19 heavy (non-hydrogen) atoms. The molecular formula is C13H17FN2O3. The van der Waals surface area contributed by atoms with Crippen LogP contribution < -0.4 is 0 Å². The van der Waals surface area contributed by atoms with Crippen molar-refractivity contribution in [3.8, 4) is 0 Å². The molecule has 1 saturated heterocycles. The number of aryl methyl sites for hydroxylation is 1. The van der Waals surface area contributed by atoms with E-state index in [0.29, 0.717) is 12.0 Å². The molecule has 0 saturated carbocycles. The molecule has 0 bridgehead atoms. The van der Waals surface area contributed by atoms with Crippen LogP contribution in [-0.2, 0) is 11.2 Å². The largest absolute Gasteiger partial charge is 0.379 e. The standard InChI is InChI=1S/C13H17FN2O3/c14-12-3-4-13(16(17)18)11(10-12)2-1-5-15-6-8-19-9-7-15/h3-4,10H,1-2,5-9H2. The molecule has 0 N–H and O–H groups in total. The molecule has 5 nitrogen and oxygen atoms in total. The highest BCUT2D eigenvalue weighted by Gasteiger charge is 2.15. The number of nitrogens with zero attached hydrogens (tertiary/aromatic N) is 2. The van der Waals surface area contributed by atoms with E-state index in [2.05, 4.69) is 4.90 Å². The molecule has 1 heterocycles. The van der Waals surface area contributed by atoms with Crippen molar-refractivity contribution in [2.75, 3.05) is 32.8 Å². The minimum atomic E-state index is -0.455. The number of nitro groups is 1. The Bertz CT molecular complexity index is 448. The van der Waals surface area contributed by atoms with Crippen LogP contribution in [0.3, 0.4) is 0 Å². The van der Waals surface area contributed by atoms with Crippen molar-refractivity contribution < 1.29 is 14.1 Å². The summed E-state index contributed by atoms with van der Waals surface area (Å²) in [6.07, 6.45) is 1.30. The maximum absolute atomic E-state index is 13.1. The Morgan fingerprint density at radius 1 is 1.37 bits per heavy atom. The van der Waals surface area contributed by atoms with Gasteiger partial charge in [0.25, 0.3) is 5.69 Å². The molecule has 0 spiro atoms. The van der Waals surface area contributed by atoms with E-state index in [1.165, 1.54) is 12.1 Å². The predicted molar refractivity (Wildman–Crippen MR) is 68.6 cm³/mol. The molecule has 1 aromatic rings. The van der Waals surface area contributed by atoms with Crippen LogP contribution in [-0.4, -0.2) is 42.7 Å². The molecule has 1 aromatic carbocycles. The second-order valence-corrected chi connectivity index (χ2v) is 4.59. The molecule has 0 aliphatic carbocycles. The van der Waals surface area contributed by atoms with Gasteiger partial charge in [-0.05, 0) is 31.5 Å². The lowest BCUT2D eigenvalue weighted by atomic mass is 10.1. The van der Waals surface area contributed by atoms with E-state index in [1.54, 1.807) is 0 Å². The molecule has 104 valence electrons. The number of nitro benzene ring substituents is 1. The van der Waals surface area contributed by atoms with Crippen molar-refractivity contribution in [2.45, 2.75) is 12.8 Å². The van der Waals surface area contributed by atoms with E-state index in [0.717, 1.165) is 45.3 Å². The van der Waals surface area contributed by atoms with Crippen LogP contribution >= 0.6 is 0 Å². The smallest absolute Gasteiger partial charge is 0.272 e.